The van der Waals surface area contributed by atoms with Crippen LogP contribution in [0, 0.1) is 0 Å². The summed E-state index contributed by atoms with van der Waals surface area (Å²) >= 11 is 1.42. The van der Waals surface area contributed by atoms with Gasteiger partial charge in [0.05, 0.1) is 23.4 Å². The number of carbonyl (C=O) groups excluding carboxylic acids is 1. The van der Waals surface area contributed by atoms with Crippen LogP contribution < -0.4 is 5.32 Å². The molecule has 5 heterocycles. The summed E-state index contributed by atoms with van der Waals surface area (Å²) in [5.41, 5.74) is 4.52. The van der Waals surface area contributed by atoms with Gasteiger partial charge in [0.25, 0.3) is 5.91 Å². The first-order valence-electron chi connectivity index (χ1n) is 9.48. The Balaban J connectivity index is 1.36. The van der Waals surface area contributed by atoms with Crippen LogP contribution in [0.3, 0.4) is 0 Å². The minimum absolute atomic E-state index is 0.0694. The number of carbonyl (C=O) groups is 1. The highest BCUT2D eigenvalue weighted by atomic mass is 32.1. The van der Waals surface area contributed by atoms with Crippen molar-refractivity contribution < 1.29 is 9.53 Å². The number of nitrogens with zero attached hydrogens (tertiary/aromatic N) is 5. The number of thiophene rings is 1. The fourth-order valence-electron chi connectivity index (χ4n) is 3.49. The molecule has 0 aliphatic carbocycles. The van der Waals surface area contributed by atoms with Gasteiger partial charge in [-0.15, -0.1) is 11.3 Å². The molecular formula is C20H20N6O2S. The van der Waals surface area contributed by atoms with Gasteiger partial charge in [-0.25, -0.2) is 9.50 Å². The Morgan fingerprint density at radius 3 is 2.93 bits per heavy atom. The monoisotopic (exact) mass is 408 g/mol. The maximum Gasteiger partial charge on any atom is 0.261 e. The second-order valence-electron chi connectivity index (χ2n) is 7.12. The Labute approximate surface area is 171 Å². The molecule has 0 bridgehead atoms. The summed E-state index contributed by atoms with van der Waals surface area (Å²) in [7, 11) is 1.88. The predicted molar refractivity (Wildman–Crippen MR) is 110 cm³/mol. The van der Waals surface area contributed by atoms with E-state index in [0.717, 1.165) is 47.3 Å². The van der Waals surface area contributed by atoms with Gasteiger partial charge >= 0.3 is 0 Å². The van der Waals surface area contributed by atoms with Crippen molar-refractivity contribution in [2.75, 3.05) is 13.2 Å². The first-order valence-corrected chi connectivity index (χ1v) is 10.4. The van der Waals surface area contributed by atoms with E-state index < -0.39 is 0 Å². The van der Waals surface area contributed by atoms with Crippen LogP contribution in [-0.2, 0) is 11.8 Å². The van der Waals surface area contributed by atoms with Crippen molar-refractivity contribution in [2.24, 2.45) is 7.05 Å². The van der Waals surface area contributed by atoms with Crippen LogP contribution in [0.15, 0.2) is 42.4 Å². The Morgan fingerprint density at radius 1 is 1.24 bits per heavy atom. The SMILES string of the molecule is Cn1cc(-c2cnc3c(-c4csc(C(=O)NCC5CCCO5)c4)cnn3c2)cn1. The summed E-state index contributed by atoms with van der Waals surface area (Å²) in [4.78, 5) is 17.7. The molecule has 1 aliphatic rings. The van der Waals surface area contributed by atoms with Crippen LogP contribution in [0.5, 0.6) is 0 Å². The summed E-state index contributed by atoms with van der Waals surface area (Å²) in [6, 6.07) is 1.89. The van der Waals surface area contributed by atoms with E-state index in [1.165, 1.54) is 11.3 Å². The Bertz CT molecular complexity index is 1170. The van der Waals surface area contributed by atoms with Crippen molar-refractivity contribution >= 4 is 22.9 Å². The highest BCUT2D eigenvalue weighted by Gasteiger charge is 2.18. The lowest BCUT2D eigenvalue weighted by Gasteiger charge is -2.09. The molecule has 29 heavy (non-hydrogen) atoms. The molecule has 0 saturated carbocycles. The standard InChI is InChI=1S/C20H20N6O2S/c1-25-10-15(7-23-25)14-6-21-19-17(9-24-26(19)11-14)13-5-18(29-12-13)20(27)22-8-16-3-2-4-28-16/h5-7,9-12,16H,2-4,8H2,1H3,(H,22,27). The Morgan fingerprint density at radius 2 is 2.14 bits per heavy atom. The van der Waals surface area contributed by atoms with E-state index in [1.54, 1.807) is 21.6 Å². The van der Waals surface area contributed by atoms with E-state index in [-0.39, 0.29) is 12.0 Å². The lowest BCUT2D eigenvalue weighted by atomic mass is 10.1. The maximum absolute atomic E-state index is 12.5. The molecule has 9 heteroatoms. The number of aromatic nitrogens is 5. The van der Waals surface area contributed by atoms with Crippen molar-refractivity contribution in [3.05, 3.63) is 47.3 Å². The normalized spacial score (nSPS) is 16.5. The van der Waals surface area contributed by atoms with Crippen molar-refractivity contribution in [2.45, 2.75) is 18.9 Å². The molecule has 1 fully saturated rings. The number of amides is 1. The number of aryl methyl sites for hydroxylation is 1. The fraction of sp³-hybridized carbons (Fsp3) is 0.300. The largest absolute Gasteiger partial charge is 0.376 e. The summed E-state index contributed by atoms with van der Waals surface area (Å²) in [6.07, 6.45) is 11.5. The third-order valence-electron chi connectivity index (χ3n) is 5.04. The van der Waals surface area contributed by atoms with Crippen LogP contribution in [0.2, 0.25) is 0 Å². The van der Waals surface area contributed by atoms with Crippen LogP contribution in [0.1, 0.15) is 22.5 Å². The van der Waals surface area contributed by atoms with E-state index in [9.17, 15) is 4.79 Å². The summed E-state index contributed by atoms with van der Waals surface area (Å²) in [6.45, 7) is 1.34. The minimum Gasteiger partial charge on any atom is -0.376 e. The molecule has 0 aromatic carbocycles. The average molecular weight is 408 g/mol. The van der Waals surface area contributed by atoms with Gasteiger partial charge in [-0.3, -0.25) is 9.48 Å². The fourth-order valence-corrected chi connectivity index (χ4v) is 4.32. The molecule has 1 aliphatic heterocycles. The smallest absolute Gasteiger partial charge is 0.261 e. The summed E-state index contributed by atoms with van der Waals surface area (Å²) < 4.78 is 9.07. The molecule has 148 valence electrons. The summed E-state index contributed by atoms with van der Waals surface area (Å²) in [5, 5.41) is 13.6. The van der Waals surface area contributed by atoms with Gasteiger partial charge in [0, 0.05) is 55.5 Å². The zero-order valence-electron chi connectivity index (χ0n) is 15.9. The second-order valence-corrected chi connectivity index (χ2v) is 8.03. The number of nitrogens with one attached hydrogen (secondary N) is 1. The number of ether oxygens (including phenoxy) is 1. The lowest BCUT2D eigenvalue weighted by molar-refractivity contribution is 0.0861. The number of fused-ring (bicyclic) bond motifs is 1. The topological polar surface area (TPSA) is 86.3 Å². The van der Waals surface area contributed by atoms with Crippen molar-refractivity contribution in [1.82, 2.24) is 29.7 Å². The molecule has 0 radical (unpaired) electrons. The van der Waals surface area contributed by atoms with Crippen molar-refractivity contribution in [1.29, 1.82) is 0 Å². The lowest BCUT2D eigenvalue weighted by Crippen LogP contribution is -2.31. The average Bonchev–Trinajstić information content (AvgIpc) is 3.52. The minimum atomic E-state index is -0.0694. The third kappa shape index (κ3) is 3.54. The zero-order chi connectivity index (χ0) is 19.8. The quantitative estimate of drug-likeness (QED) is 0.549. The molecule has 1 saturated heterocycles. The number of hydrogen-bond donors (Lipinski definition) is 1. The van der Waals surface area contributed by atoms with E-state index >= 15 is 0 Å². The first-order chi connectivity index (χ1) is 14.2. The Kier molecular flexibility index (Phi) is 4.61. The van der Waals surface area contributed by atoms with Crippen LogP contribution in [-0.4, -0.2) is 49.5 Å². The third-order valence-corrected chi connectivity index (χ3v) is 5.97. The van der Waals surface area contributed by atoms with Gasteiger partial charge in [-0.1, -0.05) is 0 Å². The van der Waals surface area contributed by atoms with Gasteiger partial charge in [0.1, 0.15) is 0 Å². The molecule has 5 rings (SSSR count). The highest BCUT2D eigenvalue weighted by Crippen LogP contribution is 2.29. The number of rotatable bonds is 5. The predicted octanol–water partition coefficient (Wildman–Crippen LogP) is 2.77. The number of hydrogen-bond acceptors (Lipinski definition) is 6. The van der Waals surface area contributed by atoms with Crippen LogP contribution >= 0.6 is 11.3 Å². The van der Waals surface area contributed by atoms with Crippen molar-refractivity contribution in [3.63, 3.8) is 0 Å². The first kappa shape index (κ1) is 18.0. The zero-order valence-corrected chi connectivity index (χ0v) is 16.7. The molecule has 1 unspecified atom stereocenters. The molecule has 1 N–H and O–H groups in total. The van der Waals surface area contributed by atoms with Gasteiger partial charge in [-0.05, 0) is 29.9 Å². The molecule has 1 atom stereocenters. The molecule has 8 nitrogen and oxygen atoms in total. The van der Waals surface area contributed by atoms with E-state index in [4.69, 9.17) is 4.74 Å². The molecule has 4 aromatic heterocycles. The van der Waals surface area contributed by atoms with E-state index in [1.807, 2.05) is 37.1 Å². The van der Waals surface area contributed by atoms with Crippen LogP contribution in [0.25, 0.3) is 27.9 Å². The summed E-state index contributed by atoms with van der Waals surface area (Å²) in [5.74, 6) is -0.0694. The highest BCUT2D eigenvalue weighted by molar-refractivity contribution is 7.12. The Hall–Kier alpha value is -3.04. The van der Waals surface area contributed by atoms with E-state index in [0.29, 0.717) is 11.4 Å². The molecule has 4 aromatic rings. The maximum atomic E-state index is 12.5. The molecule has 1 amide bonds. The van der Waals surface area contributed by atoms with Gasteiger partial charge in [0.15, 0.2) is 5.65 Å². The van der Waals surface area contributed by atoms with Crippen LogP contribution in [0.4, 0.5) is 0 Å². The van der Waals surface area contributed by atoms with Crippen molar-refractivity contribution in [3.8, 4) is 22.3 Å². The van der Waals surface area contributed by atoms with Gasteiger partial charge in [0.2, 0.25) is 0 Å². The van der Waals surface area contributed by atoms with Gasteiger partial charge < -0.3 is 10.1 Å². The molecular weight excluding hydrogens is 388 g/mol. The second kappa shape index (κ2) is 7.41. The molecule has 0 spiro atoms. The van der Waals surface area contributed by atoms with E-state index in [2.05, 4.69) is 20.5 Å². The van der Waals surface area contributed by atoms with Gasteiger partial charge in [-0.2, -0.15) is 10.2 Å².